The first-order valence-corrected chi connectivity index (χ1v) is 8.12. The molecule has 2 rings (SSSR count). The molecule has 5 nitrogen and oxygen atoms in total. The number of hydrogen-bond donors (Lipinski definition) is 1. The summed E-state index contributed by atoms with van der Waals surface area (Å²) >= 11 is 11.8. The molecule has 0 saturated carbocycles. The molecule has 0 aliphatic rings. The van der Waals surface area contributed by atoms with Gasteiger partial charge in [-0.3, -0.25) is 4.79 Å². The van der Waals surface area contributed by atoms with Gasteiger partial charge in [-0.05, 0) is 55.8 Å². The number of rotatable bonds is 5. The zero-order valence-electron chi connectivity index (χ0n) is 13.6. The molecule has 2 aromatic carbocycles. The molecule has 0 heterocycles. The second-order valence-electron chi connectivity index (χ2n) is 5.20. The van der Waals surface area contributed by atoms with Crippen molar-refractivity contribution >= 4 is 34.8 Å². The summed E-state index contributed by atoms with van der Waals surface area (Å²) in [7, 11) is 0. The molecule has 0 aromatic heterocycles. The summed E-state index contributed by atoms with van der Waals surface area (Å²) in [4.78, 5) is 12.1. The van der Waals surface area contributed by atoms with E-state index in [0.29, 0.717) is 27.1 Å². The zero-order valence-corrected chi connectivity index (χ0v) is 15.1. The minimum absolute atomic E-state index is 0.399. The van der Waals surface area contributed by atoms with Crippen molar-refractivity contribution in [3.63, 3.8) is 0 Å². The van der Waals surface area contributed by atoms with E-state index in [-0.39, 0.29) is 0 Å². The van der Waals surface area contributed by atoms with Crippen molar-refractivity contribution in [3.8, 4) is 11.8 Å². The molecule has 0 bridgehead atoms. The molecule has 1 amide bonds. The fourth-order valence-electron chi connectivity index (χ4n) is 1.88. The van der Waals surface area contributed by atoms with E-state index in [4.69, 9.17) is 33.2 Å². The van der Waals surface area contributed by atoms with Crippen molar-refractivity contribution in [2.45, 2.75) is 20.0 Å². The number of nitriles is 1. The van der Waals surface area contributed by atoms with E-state index >= 15 is 0 Å². The van der Waals surface area contributed by atoms with Crippen LogP contribution in [0.3, 0.4) is 0 Å². The molecular weight excluding hydrogens is 361 g/mol. The van der Waals surface area contributed by atoms with Crippen molar-refractivity contribution in [1.29, 1.82) is 5.26 Å². The highest BCUT2D eigenvalue weighted by atomic mass is 35.5. The Kier molecular flexibility index (Phi) is 6.40. The molecule has 7 heteroatoms. The molecule has 1 atom stereocenters. The fraction of sp³-hybridized carbons (Fsp3) is 0.167. The number of nitrogens with zero attached hydrogens (tertiary/aromatic N) is 2. The van der Waals surface area contributed by atoms with Crippen LogP contribution in [-0.2, 0) is 4.79 Å². The number of carbonyl (C=O) groups excluding carboxylic acids is 1. The Hall–Kier alpha value is -2.55. The topological polar surface area (TPSA) is 74.5 Å². The van der Waals surface area contributed by atoms with Gasteiger partial charge in [-0.15, -0.1) is 0 Å². The Labute approximate surface area is 155 Å². The quantitative estimate of drug-likeness (QED) is 0.629. The molecule has 0 aliphatic heterocycles. The van der Waals surface area contributed by atoms with E-state index < -0.39 is 12.0 Å². The average Bonchev–Trinajstić information content (AvgIpc) is 2.62. The van der Waals surface area contributed by atoms with Crippen LogP contribution in [0.1, 0.15) is 25.0 Å². The molecule has 1 N–H and O–H groups in total. The lowest BCUT2D eigenvalue weighted by atomic mass is 10.1. The molecule has 1 unspecified atom stereocenters. The van der Waals surface area contributed by atoms with Gasteiger partial charge in [-0.1, -0.05) is 29.3 Å². The zero-order chi connectivity index (χ0) is 18.4. The van der Waals surface area contributed by atoms with Crippen LogP contribution in [0, 0.1) is 11.3 Å². The summed E-state index contributed by atoms with van der Waals surface area (Å²) in [6, 6.07) is 13.6. The van der Waals surface area contributed by atoms with Crippen LogP contribution in [0.4, 0.5) is 0 Å². The maximum absolute atomic E-state index is 12.1. The molecule has 25 heavy (non-hydrogen) atoms. The van der Waals surface area contributed by atoms with E-state index in [0.717, 1.165) is 5.56 Å². The normalized spacial score (nSPS) is 12.2. The van der Waals surface area contributed by atoms with Crippen molar-refractivity contribution in [3.05, 3.63) is 63.6 Å². The van der Waals surface area contributed by atoms with Crippen molar-refractivity contribution in [2.75, 3.05) is 0 Å². The predicted molar refractivity (Wildman–Crippen MR) is 98.1 cm³/mol. The number of amides is 1. The highest BCUT2D eigenvalue weighted by Gasteiger charge is 2.14. The molecule has 0 radical (unpaired) electrons. The van der Waals surface area contributed by atoms with Crippen LogP contribution in [-0.4, -0.2) is 17.7 Å². The number of hydrazone groups is 1. The van der Waals surface area contributed by atoms with E-state index in [1.807, 2.05) is 6.07 Å². The highest BCUT2D eigenvalue weighted by molar-refractivity contribution is 6.42. The average molecular weight is 376 g/mol. The number of benzene rings is 2. The predicted octanol–water partition coefficient (Wildman–Crippen LogP) is 4.17. The lowest BCUT2D eigenvalue weighted by Gasteiger charge is -2.13. The number of halogens is 2. The summed E-state index contributed by atoms with van der Waals surface area (Å²) in [5.74, 6) is 0.0932. The standard InChI is InChI=1S/C18H15Cl2N3O2/c1-11(14-5-8-16(19)17(20)9-14)22-23-18(24)12(2)25-15-6-3-13(10-21)4-7-15/h3-9,12H,1-2H3,(H,23,24)/b22-11+. The maximum Gasteiger partial charge on any atom is 0.280 e. The first kappa shape index (κ1) is 18.8. The van der Waals surface area contributed by atoms with Crippen molar-refractivity contribution < 1.29 is 9.53 Å². The van der Waals surface area contributed by atoms with Gasteiger partial charge in [0.05, 0.1) is 27.4 Å². The minimum Gasteiger partial charge on any atom is -0.481 e. The molecule has 0 fully saturated rings. The Morgan fingerprint density at radius 3 is 2.48 bits per heavy atom. The smallest absolute Gasteiger partial charge is 0.280 e. The fourth-order valence-corrected chi connectivity index (χ4v) is 2.18. The number of ether oxygens (including phenoxy) is 1. The Morgan fingerprint density at radius 1 is 1.20 bits per heavy atom. The van der Waals surface area contributed by atoms with Crippen LogP contribution in [0.2, 0.25) is 10.0 Å². The second kappa shape index (κ2) is 8.52. The second-order valence-corrected chi connectivity index (χ2v) is 6.01. The Balaban J connectivity index is 1.97. The first-order chi connectivity index (χ1) is 11.9. The van der Waals surface area contributed by atoms with Crippen LogP contribution in [0.25, 0.3) is 0 Å². The van der Waals surface area contributed by atoms with Crippen LogP contribution in [0.5, 0.6) is 5.75 Å². The summed E-state index contributed by atoms with van der Waals surface area (Å²) in [5.41, 5.74) is 4.30. The number of hydrogen-bond acceptors (Lipinski definition) is 4. The maximum atomic E-state index is 12.1. The molecule has 128 valence electrons. The third-order valence-electron chi connectivity index (χ3n) is 3.34. The van der Waals surface area contributed by atoms with Gasteiger partial charge in [0.1, 0.15) is 5.75 Å². The summed E-state index contributed by atoms with van der Waals surface area (Å²) < 4.78 is 5.52. The molecular formula is C18H15Cl2N3O2. The SMILES string of the molecule is C/C(=N\NC(=O)C(C)Oc1ccc(C#N)cc1)c1ccc(Cl)c(Cl)c1. The van der Waals surface area contributed by atoms with E-state index in [9.17, 15) is 4.79 Å². The van der Waals surface area contributed by atoms with Crippen LogP contribution in [0.15, 0.2) is 47.6 Å². The lowest BCUT2D eigenvalue weighted by Crippen LogP contribution is -2.33. The monoisotopic (exact) mass is 375 g/mol. The number of carbonyl (C=O) groups is 1. The van der Waals surface area contributed by atoms with Gasteiger partial charge in [0.25, 0.3) is 5.91 Å². The molecule has 0 spiro atoms. The van der Waals surface area contributed by atoms with Gasteiger partial charge < -0.3 is 4.74 Å². The van der Waals surface area contributed by atoms with Crippen molar-refractivity contribution in [1.82, 2.24) is 5.43 Å². The highest BCUT2D eigenvalue weighted by Crippen LogP contribution is 2.22. The first-order valence-electron chi connectivity index (χ1n) is 7.37. The molecule has 2 aromatic rings. The molecule has 0 aliphatic carbocycles. The Morgan fingerprint density at radius 2 is 1.88 bits per heavy atom. The van der Waals surface area contributed by atoms with E-state index in [1.165, 1.54) is 0 Å². The third-order valence-corrected chi connectivity index (χ3v) is 4.08. The van der Waals surface area contributed by atoms with Gasteiger partial charge >= 0.3 is 0 Å². The van der Waals surface area contributed by atoms with Crippen LogP contribution >= 0.6 is 23.2 Å². The minimum atomic E-state index is -0.752. The van der Waals surface area contributed by atoms with Gasteiger partial charge in [-0.25, -0.2) is 5.43 Å². The van der Waals surface area contributed by atoms with Gasteiger partial charge in [-0.2, -0.15) is 10.4 Å². The van der Waals surface area contributed by atoms with Crippen molar-refractivity contribution in [2.24, 2.45) is 5.10 Å². The largest absolute Gasteiger partial charge is 0.481 e. The summed E-state index contributed by atoms with van der Waals surface area (Å²) in [6.07, 6.45) is -0.752. The van der Waals surface area contributed by atoms with Gasteiger partial charge in [0.15, 0.2) is 6.10 Å². The van der Waals surface area contributed by atoms with Gasteiger partial charge in [0.2, 0.25) is 0 Å². The Bertz CT molecular complexity index is 842. The lowest BCUT2D eigenvalue weighted by molar-refractivity contribution is -0.127. The number of nitrogens with one attached hydrogen (secondary N) is 1. The van der Waals surface area contributed by atoms with Gasteiger partial charge in [0, 0.05) is 0 Å². The van der Waals surface area contributed by atoms with Crippen LogP contribution < -0.4 is 10.2 Å². The molecule has 0 saturated heterocycles. The third kappa shape index (κ3) is 5.21. The van der Waals surface area contributed by atoms with E-state index in [1.54, 1.807) is 56.3 Å². The summed E-state index contributed by atoms with van der Waals surface area (Å²) in [5, 5.41) is 13.7. The summed E-state index contributed by atoms with van der Waals surface area (Å²) in [6.45, 7) is 3.35. The van der Waals surface area contributed by atoms with E-state index in [2.05, 4.69) is 10.5 Å².